The number of alkyl halides is 4. The van der Waals surface area contributed by atoms with Crippen LogP contribution in [0, 0.1) is 0 Å². The molecule has 0 radical (unpaired) electrons. The summed E-state index contributed by atoms with van der Waals surface area (Å²) in [5.74, 6) is 0.102. The molecule has 21 heavy (non-hydrogen) atoms. The molecule has 0 unspecified atom stereocenters. The highest BCUT2D eigenvalue weighted by atomic mass is 35.5. The van der Waals surface area contributed by atoms with Crippen molar-refractivity contribution in [3.05, 3.63) is 29.8 Å². The van der Waals surface area contributed by atoms with Gasteiger partial charge in [-0.25, -0.2) is 13.1 Å². The van der Waals surface area contributed by atoms with Crippen LogP contribution in [0.15, 0.2) is 29.2 Å². The Labute approximate surface area is 126 Å². The largest absolute Gasteiger partial charge is 0.416 e. The standard InChI is InChI=1S/C13H15ClF3NO2S/c14-9-12(6-1-2-7-12)18-21(19,20)11-5-3-4-10(8-11)13(15,16)17/h3-5,8,18H,1-2,6-7,9H2. The van der Waals surface area contributed by atoms with Crippen LogP contribution in [0.1, 0.15) is 31.2 Å². The SMILES string of the molecule is O=S(=O)(NC1(CCl)CCCC1)c1cccc(C(F)(F)F)c1. The van der Waals surface area contributed by atoms with Gasteiger partial charge in [0.05, 0.1) is 10.5 Å². The second kappa shape index (κ2) is 5.78. The van der Waals surface area contributed by atoms with Gasteiger partial charge in [0, 0.05) is 11.4 Å². The molecule has 1 aromatic carbocycles. The van der Waals surface area contributed by atoms with Crippen LogP contribution >= 0.6 is 11.6 Å². The molecule has 3 nitrogen and oxygen atoms in total. The van der Waals surface area contributed by atoms with Crippen molar-refractivity contribution >= 4 is 21.6 Å². The van der Waals surface area contributed by atoms with Gasteiger partial charge in [0.25, 0.3) is 0 Å². The van der Waals surface area contributed by atoms with Crippen LogP contribution in [0.3, 0.4) is 0 Å². The fourth-order valence-electron chi connectivity index (χ4n) is 2.50. The molecule has 1 aliphatic carbocycles. The smallest absolute Gasteiger partial charge is 0.207 e. The van der Waals surface area contributed by atoms with E-state index in [0.29, 0.717) is 18.9 Å². The number of hydrogen-bond acceptors (Lipinski definition) is 2. The third-order valence-electron chi connectivity index (χ3n) is 3.64. The number of sulfonamides is 1. The average Bonchev–Trinajstić information content (AvgIpc) is 2.86. The zero-order valence-electron chi connectivity index (χ0n) is 11.1. The zero-order chi connectivity index (χ0) is 15.7. The van der Waals surface area contributed by atoms with E-state index < -0.39 is 32.2 Å². The molecule has 1 N–H and O–H groups in total. The molecule has 1 fully saturated rings. The normalized spacial score (nSPS) is 18.9. The van der Waals surface area contributed by atoms with E-state index in [4.69, 9.17) is 11.6 Å². The van der Waals surface area contributed by atoms with E-state index in [1.165, 1.54) is 0 Å². The highest BCUT2D eigenvalue weighted by molar-refractivity contribution is 7.89. The Morgan fingerprint density at radius 1 is 1.24 bits per heavy atom. The third kappa shape index (κ3) is 3.70. The van der Waals surface area contributed by atoms with Gasteiger partial charge in [-0.3, -0.25) is 0 Å². The summed E-state index contributed by atoms with van der Waals surface area (Å²) < 4.78 is 65.1. The molecule has 1 aliphatic rings. The molecule has 118 valence electrons. The molecular formula is C13H15ClF3NO2S. The molecule has 0 bridgehead atoms. The van der Waals surface area contributed by atoms with E-state index in [9.17, 15) is 21.6 Å². The molecule has 0 heterocycles. The Balaban J connectivity index is 2.32. The predicted molar refractivity (Wildman–Crippen MR) is 73.7 cm³/mol. The number of halogens is 4. The minimum absolute atomic E-state index is 0.102. The second-order valence-corrected chi connectivity index (χ2v) is 7.20. The first-order chi connectivity index (χ1) is 9.69. The van der Waals surface area contributed by atoms with Crippen LogP contribution < -0.4 is 4.72 Å². The maximum Gasteiger partial charge on any atom is 0.416 e. The molecule has 1 aromatic rings. The van der Waals surface area contributed by atoms with E-state index in [1.807, 2.05) is 0 Å². The molecule has 1 saturated carbocycles. The van der Waals surface area contributed by atoms with Crippen LogP contribution in [0.2, 0.25) is 0 Å². The summed E-state index contributed by atoms with van der Waals surface area (Å²) in [6, 6.07) is 3.71. The van der Waals surface area contributed by atoms with Crippen LogP contribution in [-0.4, -0.2) is 19.8 Å². The highest BCUT2D eigenvalue weighted by Gasteiger charge is 2.38. The lowest BCUT2D eigenvalue weighted by Gasteiger charge is -2.27. The minimum atomic E-state index is -4.58. The van der Waals surface area contributed by atoms with Crippen molar-refractivity contribution < 1.29 is 21.6 Å². The number of rotatable bonds is 4. The average molecular weight is 342 g/mol. The Morgan fingerprint density at radius 2 is 1.86 bits per heavy atom. The zero-order valence-corrected chi connectivity index (χ0v) is 12.7. The van der Waals surface area contributed by atoms with Gasteiger partial charge in [-0.2, -0.15) is 13.2 Å². The van der Waals surface area contributed by atoms with Crippen LogP contribution in [0.5, 0.6) is 0 Å². The van der Waals surface area contributed by atoms with Gasteiger partial charge in [0.15, 0.2) is 0 Å². The van der Waals surface area contributed by atoms with Gasteiger partial charge < -0.3 is 0 Å². The highest BCUT2D eigenvalue weighted by Crippen LogP contribution is 2.34. The predicted octanol–water partition coefficient (Wildman–Crippen LogP) is 3.54. The molecule has 2 rings (SSSR count). The fraction of sp³-hybridized carbons (Fsp3) is 0.538. The summed E-state index contributed by atoms with van der Waals surface area (Å²) in [7, 11) is -4.03. The van der Waals surface area contributed by atoms with Crippen LogP contribution in [0.4, 0.5) is 13.2 Å². The van der Waals surface area contributed by atoms with Crippen LogP contribution in [-0.2, 0) is 16.2 Å². The first-order valence-electron chi connectivity index (χ1n) is 6.46. The van der Waals surface area contributed by atoms with Gasteiger partial charge in [-0.1, -0.05) is 18.9 Å². The van der Waals surface area contributed by atoms with Crippen molar-refractivity contribution in [3.8, 4) is 0 Å². The lowest BCUT2D eigenvalue weighted by Crippen LogP contribution is -2.47. The molecule has 0 aromatic heterocycles. The minimum Gasteiger partial charge on any atom is -0.207 e. The summed E-state index contributed by atoms with van der Waals surface area (Å²) in [6.07, 6.45) is -1.71. The molecule has 0 atom stereocenters. The quantitative estimate of drug-likeness (QED) is 0.851. The van der Waals surface area contributed by atoms with Crippen molar-refractivity contribution in [1.29, 1.82) is 0 Å². The molecule has 8 heteroatoms. The summed E-state index contributed by atoms with van der Waals surface area (Å²) in [4.78, 5) is -0.395. The van der Waals surface area contributed by atoms with Gasteiger partial charge in [-0.05, 0) is 31.0 Å². The Morgan fingerprint density at radius 3 is 2.38 bits per heavy atom. The van der Waals surface area contributed by atoms with Crippen molar-refractivity contribution in [2.75, 3.05) is 5.88 Å². The number of nitrogens with one attached hydrogen (secondary N) is 1. The van der Waals surface area contributed by atoms with E-state index in [2.05, 4.69) is 4.72 Å². The first-order valence-corrected chi connectivity index (χ1v) is 8.48. The van der Waals surface area contributed by atoms with Gasteiger partial charge in [0.1, 0.15) is 0 Å². The van der Waals surface area contributed by atoms with Crippen molar-refractivity contribution in [3.63, 3.8) is 0 Å². The lowest BCUT2D eigenvalue weighted by atomic mass is 10.0. The molecule has 0 saturated heterocycles. The van der Waals surface area contributed by atoms with E-state index >= 15 is 0 Å². The second-order valence-electron chi connectivity index (χ2n) is 5.25. The summed E-state index contributed by atoms with van der Waals surface area (Å²) in [6.45, 7) is 0. The van der Waals surface area contributed by atoms with E-state index in [0.717, 1.165) is 31.0 Å². The van der Waals surface area contributed by atoms with Gasteiger partial charge in [0.2, 0.25) is 10.0 Å². The van der Waals surface area contributed by atoms with E-state index in [1.54, 1.807) is 0 Å². The summed E-state index contributed by atoms with van der Waals surface area (Å²) in [5.41, 5.74) is -1.74. The van der Waals surface area contributed by atoms with Crippen molar-refractivity contribution in [2.45, 2.75) is 42.3 Å². The molecule has 0 spiro atoms. The number of hydrogen-bond donors (Lipinski definition) is 1. The van der Waals surface area contributed by atoms with Crippen molar-refractivity contribution in [2.24, 2.45) is 0 Å². The van der Waals surface area contributed by atoms with Gasteiger partial charge >= 0.3 is 6.18 Å². The van der Waals surface area contributed by atoms with Crippen LogP contribution in [0.25, 0.3) is 0 Å². The summed E-state index contributed by atoms with van der Waals surface area (Å²) in [5, 5.41) is 0. The molecular weight excluding hydrogens is 327 g/mol. The summed E-state index contributed by atoms with van der Waals surface area (Å²) >= 11 is 5.86. The monoisotopic (exact) mass is 341 g/mol. The Bertz CT molecular complexity index is 610. The molecule has 0 amide bonds. The van der Waals surface area contributed by atoms with Gasteiger partial charge in [-0.15, -0.1) is 11.6 Å². The van der Waals surface area contributed by atoms with E-state index in [-0.39, 0.29) is 5.88 Å². The first kappa shape index (κ1) is 16.6. The lowest BCUT2D eigenvalue weighted by molar-refractivity contribution is -0.137. The topological polar surface area (TPSA) is 46.2 Å². The number of benzene rings is 1. The maximum atomic E-state index is 12.7. The third-order valence-corrected chi connectivity index (χ3v) is 5.73. The van der Waals surface area contributed by atoms with Crippen molar-refractivity contribution in [1.82, 2.24) is 4.72 Å². The Hall–Kier alpha value is -0.790. The molecule has 0 aliphatic heterocycles. The Kier molecular flexibility index (Phi) is 4.56. The maximum absolute atomic E-state index is 12.7. The fourth-order valence-corrected chi connectivity index (χ4v) is 4.42.